The van der Waals surface area contributed by atoms with Crippen LogP contribution in [-0.2, 0) is 4.79 Å². The molecule has 0 aliphatic carbocycles. The number of nitrogens with one attached hydrogen (secondary N) is 2. The van der Waals surface area contributed by atoms with E-state index in [1.54, 1.807) is 0 Å². The molecule has 2 rings (SSSR count). The van der Waals surface area contributed by atoms with Gasteiger partial charge in [-0.15, -0.1) is 0 Å². The molecule has 2 aliphatic rings. The Bertz CT molecular complexity index is 247. The number of nitrogens with zero attached hydrogens (tertiary/aromatic N) is 1. The predicted octanol–water partition coefficient (Wildman–Crippen LogP) is 0.337. The summed E-state index contributed by atoms with van der Waals surface area (Å²) in [6, 6.07) is 1.53. The van der Waals surface area contributed by atoms with E-state index in [9.17, 15) is 4.79 Å². The average Bonchev–Trinajstić information content (AvgIpc) is 2.41. The highest BCUT2D eigenvalue weighted by Crippen LogP contribution is 2.17. The fourth-order valence-electron chi connectivity index (χ4n) is 2.93. The molecule has 2 aliphatic heterocycles. The minimum absolute atomic E-state index is 0.223. The maximum absolute atomic E-state index is 11.5. The minimum atomic E-state index is 0.223. The third-order valence-corrected chi connectivity index (χ3v) is 3.56. The molecule has 0 spiro atoms. The highest BCUT2D eigenvalue weighted by Gasteiger charge is 2.29. The van der Waals surface area contributed by atoms with Crippen LogP contribution in [-0.4, -0.2) is 48.6 Å². The van der Waals surface area contributed by atoms with Gasteiger partial charge in [-0.1, -0.05) is 0 Å². The lowest BCUT2D eigenvalue weighted by molar-refractivity contribution is -0.121. The van der Waals surface area contributed by atoms with Crippen molar-refractivity contribution in [3.8, 4) is 0 Å². The highest BCUT2D eigenvalue weighted by atomic mass is 16.1. The highest BCUT2D eigenvalue weighted by molar-refractivity contribution is 5.76. The van der Waals surface area contributed by atoms with E-state index in [0.717, 1.165) is 32.5 Å². The molecular formula is C12H23N3O. The van der Waals surface area contributed by atoms with E-state index >= 15 is 0 Å². The van der Waals surface area contributed by atoms with E-state index in [-0.39, 0.29) is 5.91 Å². The topological polar surface area (TPSA) is 44.4 Å². The predicted molar refractivity (Wildman–Crippen MR) is 64.3 cm³/mol. The lowest BCUT2D eigenvalue weighted by Crippen LogP contribution is -2.57. The van der Waals surface area contributed by atoms with Crippen molar-refractivity contribution in [1.82, 2.24) is 15.5 Å². The zero-order chi connectivity index (χ0) is 11.5. The van der Waals surface area contributed by atoms with Gasteiger partial charge in [0.25, 0.3) is 0 Å². The van der Waals surface area contributed by atoms with Gasteiger partial charge in [-0.25, -0.2) is 0 Å². The van der Waals surface area contributed by atoms with Crippen molar-refractivity contribution >= 4 is 5.91 Å². The summed E-state index contributed by atoms with van der Waals surface area (Å²) in [5, 5.41) is 6.49. The van der Waals surface area contributed by atoms with Crippen molar-refractivity contribution < 1.29 is 4.79 Å². The Labute approximate surface area is 97.8 Å². The molecule has 3 atom stereocenters. The number of carbonyl (C=O) groups is 1. The number of amides is 1. The maximum Gasteiger partial charge on any atom is 0.221 e. The van der Waals surface area contributed by atoms with Gasteiger partial charge in [-0.2, -0.15) is 0 Å². The molecule has 0 aromatic carbocycles. The fourth-order valence-corrected chi connectivity index (χ4v) is 2.93. The van der Waals surface area contributed by atoms with Crippen LogP contribution in [0.15, 0.2) is 0 Å². The van der Waals surface area contributed by atoms with Crippen molar-refractivity contribution in [1.29, 1.82) is 0 Å². The van der Waals surface area contributed by atoms with Crippen LogP contribution in [0.5, 0.6) is 0 Å². The molecule has 92 valence electrons. The Morgan fingerprint density at radius 2 is 1.94 bits per heavy atom. The first kappa shape index (κ1) is 11.9. The summed E-state index contributed by atoms with van der Waals surface area (Å²) in [5.41, 5.74) is 0. The molecule has 2 heterocycles. The number of piperazine rings is 1. The van der Waals surface area contributed by atoms with Crippen LogP contribution < -0.4 is 10.6 Å². The maximum atomic E-state index is 11.5. The molecule has 2 N–H and O–H groups in total. The summed E-state index contributed by atoms with van der Waals surface area (Å²) in [6.45, 7) is 7.44. The summed E-state index contributed by atoms with van der Waals surface area (Å²) in [5.74, 6) is 0.223. The van der Waals surface area contributed by atoms with Gasteiger partial charge in [0.15, 0.2) is 0 Å². The van der Waals surface area contributed by atoms with E-state index in [2.05, 4.69) is 29.4 Å². The van der Waals surface area contributed by atoms with Gasteiger partial charge in [0.05, 0.1) is 0 Å². The SMILES string of the molecule is CC1CN(C2CCCNC(=O)C2)CC(C)N1. The van der Waals surface area contributed by atoms with E-state index in [4.69, 9.17) is 0 Å². The van der Waals surface area contributed by atoms with Crippen molar-refractivity contribution in [3.05, 3.63) is 0 Å². The first-order valence-corrected chi connectivity index (χ1v) is 6.42. The molecule has 0 radical (unpaired) electrons. The normalized spacial score (nSPS) is 37.9. The summed E-state index contributed by atoms with van der Waals surface area (Å²) < 4.78 is 0. The third-order valence-electron chi connectivity index (χ3n) is 3.56. The summed E-state index contributed by atoms with van der Waals surface area (Å²) in [6.07, 6.45) is 2.95. The van der Waals surface area contributed by atoms with Gasteiger partial charge < -0.3 is 10.6 Å². The van der Waals surface area contributed by atoms with Crippen molar-refractivity contribution in [2.24, 2.45) is 0 Å². The number of rotatable bonds is 1. The summed E-state index contributed by atoms with van der Waals surface area (Å²) in [7, 11) is 0. The monoisotopic (exact) mass is 225 g/mol. The lowest BCUT2D eigenvalue weighted by atomic mass is 10.0. The molecule has 4 nitrogen and oxygen atoms in total. The second kappa shape index (κ2) is 5.15. The van der Waals surface area contributed by atoms with Crippen molar-refractivity contribution in [2.45, 2.75) is 51.2 Å². The largest absolute Gasteiger partial charge is 0.356 e. The molecule has 2 saturated heterocycles. The second-order valence-electron chi connectivity index (χ2n) is 5.27. The van der Waals surface area contributed by atoms with Gasteiger partial charge in [-0.3, -0.25) is 9.69 Å². The molecule has 0 saturated carbocycles. The Kier molecular flexibility index (Phi) is 3.82. The van der Waals surface area contributed by atoms with Crippen molar-refractivity contribution in [2.75, 3.05) is 19.6 Å². The molecule has 0 aromatic heterocycles. The Hall–Kier alpha value is -0.610. The van der Waals surface area contributed by atoms with E-state index < -0.39 is 0 Å². The molecule has 2 fully saturated rings. The van der Waals surface area contributed by atoms with Gasteiger partial charge in [0, 0.05) is 44.2 Å². The summed E-state index contributed by atoms with van der Waals surface area (Å²) in [4.78, 5) is 14.0. The van der Waals surface area contributed by atoms with E-state index in [1.807, 2.05) is 0 Å². The molecular weight excluding hydrogens is 202 g/mol. The van der Waals surface area contributed by atoms with Crippen LogP contribution in [0, 0.1) is 0 Å². The van der Waals surface area contributed by atoms with Crippen LogP contribution in [0.1, 0.15) is 33.1 Å². The van der Waals surface area contributed by atoms with Crippen LogP contribution in [0.3, 0.4) is 0 Å². The quantitative estimate of drug-likeness (QED) is 0.676. The first-order valence-electron chi connectivity index (χ1n) is 6.42. The van der Waals surface area contributed by atoms with Crippen LogP contribution in [0.4, 0.5) is 0 Å². The first-order chi connectivity index (χ1) is 7.65. The van der Waals surface area contributed by atoms with Gasteiger partial charge in [-0.05, 0) is 26.7 Å². The molecule has 0 aromatic rings. The van der Waals surface area contributed by atoms with Crippen molar-refractivity contribution in [3.63, 3.8) is 0 Å². The van der Waals surface area contributed by atoms with E-state index in [1.165, 1.54) is 0 Å². The average molecular weight is 225 g/mol. The Balaban J connectivity index is 1.96. The molecule has 4 heteroatoms. The zero-order valence-electron chi connectivity index (χ0n) is 10.3. The Morgan fingerprint density at radius 1 is 1.25 bits per heavy atom. The number of hydrogen-bond donors (Lipinski definition) is 2. The lowest BCUT2D eigenvalue weighted by Gasteiger charge is -2.40. The second-order valence-corrected chi connectivity index (χ2v) is 5.27. The van der Waals surface area contributed by atoms with Gasteiger partial charge in [0.1, 0.15) is 0 Å². The molecule has 3 unspecified atom stereocenters. The Morgan fingerprint density at radius 3 is 2.62 bits per heavy atom. The van der Waals surface area contributed by atoms with Crippen LogP contribution in [0.25, 0.3) is 0 Å². The minimum Gasteiger partial charge on any atom is -0.356 e. The van der Waals surface area contributed by atoms with Crippen LogP contribution in [0.2, 0.25) is 0 Å². The van der Waals surface area contributed by atoms with E-state index in [0.29, 0.717) is 24.5 Å². The standard InChI is InChI=1S/C12H23N3O/c1-9-7-15(8-10(2)14-9)11-4-3-5-13-12(16)6-11/h9-11,14H,3-8H2,1-2H3,(H,13,16). The third kappa shape index (κ3) is 2.95. The van der Waals surface area contributed by atoms with Gasteiger partial charge in [0.2, 0.25) is 5.91 Å². The number of carbonyl (C=O) groups excluding carboxylic acids is 1. The molecule has 16 heavy (non-hydrogen) atoms. The zero-order valence-corrected chi connectivity index (χ0v) is 10.3. The molecule has 0 bridgehead atoms. The van der Waals surface area contributed by atoms with Crippen LogP contribution >= 0.6 is 0 Å². The number of hydrogen-bond acceptors (Lipinski definition) is 3. The summed E-state index contributed by atoms with van der Waals surface area (Å²) >= 11 is 0. The van der Waals surface area contributed by atoms with Gasteiger partial charge >= 0.3 is 0 Å². The smallest absolute Gasteiger partial charge is 0.221 e. The molecule has 1 amide bonds. The fraction of sp³-hybridized carbons (Fsp3) is 0.917.